The number of benzene rings is 1. The van der Waals surface area contributed by atoms with Crippen LogP contribution in [0.4, 0.5) is 8.78 Å². The third-order valence-corrected chi connectivity index (χ3v) is 4.35. The van der Waals surface area contributed by atoms with Crippen LogP contribution >= 0.6 is 0 Å². The Morgan fingerprint density at radius 2 is 2.00 bits per heavy atom. The third kappa shape index (κ3) is 6.71. The predicted molar refractivity (Wildman–Crippen MR) is 98.2 cm³/mol. The van der Waals surface area contributed by atoms with Gasteiger partial charge in [-0.15, -0.1) is 6.58 Å². The SMILES string of the molecule is C=CCC1C[C@@H](c2ccc(F)c(F)c2)[C@H]([N+](=O)[O-])CN1.CC(C)(C)C(=O)O. The van der Waals surface area contributed by atoms with Crippen LogP contribution in [0.1, 0.15) is 45.1 Å². The summed E-state index contributed by atoms with van der Waals surface area (Å²) in [5.74, 6) is -3.09. The van der Waals surface area contributed by atoms with E-state index >= 15 is 0 Å². The van der Waals surface area contributed by atoms with Crippen molar-refractivity contribution in [2.75, 3.05) is 6.54 Å². The molecule has 1 aromatic rings. The summed E-state index contributed by atoms with van der Waals surface area (Å²) in [5, 5.41) is 22.5. The number of nitro groups is 1. The van der Waals surface area contributed by atoms with E-state index in [-0.39, 0.29) is 17.5 Å². The van der Waals surface area contributed by atoms with Crippen molar-refractivity contribution in [2.24, 2.45) is 5.41 Å². The van der Waals surface area contributed by atoms with Crippen molar-refractivity contribution in [2.45, 2.75) is 51.6 Å². The Hall–Kier alpha value is -2.35. The summed E-state index contributed by atoms with van der Waals surface area (Å²) in [5.41, 5.74) is -0.110. The molecule has 0 aliphatic carbocycles. The lowest BCUT2D eigenvalue weighted by molar-refractivity contribution is -0.527. The van der Waals surface area contributed by atoms with Crippen molar-refractivity contribution in [3.8, 4) is 0 Å². The van der Waals surface area contributed by atoms with Crippen molar-refractivity contribution in [3.63, 3.8) is 0 Å². The first kappa shape index (κ1) is 22.7. The van der Waals surface area contributed by atoms with Crippen molar-refractivity contribution in [1.82, 2.24) is 5.32 Å². The van der Waals surface area contributed by atoms with Crippen LogP contribution in [-0.4, -0.2) is 34.6 Å². The number of rotatable bonds is 4. The fraction of sp³-hybridized carbons (Fsp3) is 0.526. The minimum atomic E-state index is -0.969. The van der Waals surface area contributed by atoms with Crippen LogP contribution in [0.5, 0.6) is 0 Å². The summed E-state index contributed by atoms with van der Waals surface area (Å²) in [6, 6.07) is 2.75. The van der Waals surface area contributed by atoms with Gasteiger partial charge >= 0.3 is 5.97 Å². The van der Waals surface area contributed by atoms with E-state index in [1.54, 1.807) is 26.8 Å². The van der Waals surface area contributed by atoms with Crippen molar-refractivity contribution in [3.05, 3.63) is 58.2 Å². The zero-order valence-electron chi connectivity index (χ0n) is 15.7. The standard InChI is InChI=1S/C14H16F2N2O2.C5H10O2/c1-2-3-10-7-11(14(8-17-10)18(19)20)9-4-5-12(15)13(16)6-9;1-5(2,3)4(6)7/h2,4-6,10-11,14,17H,1,3,7-8H2;1-3H3,(H,6,7)/t10?,11-,14+;/m0./s1. The Bertz CT molecular complexity index is 689. The highest BCUT2D eigenvalue weighted by molar-refractivity contribution is 5.72. The first-order chi connectivity index (χ1) is 12.5. The van der Waals surface area contributed by atoms with Gasteiger partial charge in [-0.2, -0.15) is 0 Å². The molecule has 0 spiro atoms. The number of hydrogen-bond donors (Lipinski definition) is 2. The van der Waals surface area contributed by atoms with Crippen molar-refractivity contribution < 1.29 is 23.6 Å². The zero-order valence-corrected chi connectivity index (χ0v) is 15.7. The summed E-state index contributed by atoms with van der Waals surface area (Å²) in [7, 11) is 0. The molecule has 8 heteroatoms. The molecule has 1 aromatic carbocycles. The molecule has 1 heterocycles. The maximum absolute atomic E-state index is 13.3. The van der Waals surface area contributed by atoms with Crippen LogP contribution in [0.25, 0.3) is 0 Å². The molecule has 2 N–H and O–H groups in total. The monoisotopic (exact) mass is 384 g/mol. The summed E-state index contributed by atoms with van der Waals surface area (Å²) in [4.78, 5) is 20.8. The second kappa shape index (κ2) is 9.55. The first-order valence-electron chi connectivity index (χ1n) is 8.63. The van der Waals surface area contributed by atoms with Gasteiger partial charge in [0.1, 0.15) is 0 Å². The smallest absolute Gasteiger partial charge is 0.308 e. The largest absolute Gasteiger partial charge is 0.481 e. The molecule has 150 valence electrons. The molecule has 1 unspecified atom stereocenters. The van der Waals surface area contributed by atoms with E-state index in [0.717, 1.165) is 12.1 Å². The fourth-order valence-electron chi connectivity index (χ4n) is 2.68. The van der Waals surface area contributed by atoms with Gasteiger partial charge in [0.15, 0.2) is 11.6 Å². The molecule has 3 atom stereocenters. The lowest BCUT2D eigenvalue weighted by atomic mass is 9.82. The van der Waals surface area contributed by atoms with Gasteiger partial charge in [-0.25, -0.2) is 8.78 Å². The summed E-state index contributed by atoms with van der Waals surface area (Å²) < 4.78 is 26.3. The number of nitrogens with one attached hydrogen (secondary N) is 1. The molecule has 0 bridgehead atoms. The number of hydrogen-bond acceptors (Lipinski definition) is 4. The average molecular weight is 384 g/mol. The van der Waals surface area contributed by atoms with E-state index in [2.05, 4.69) is 11.9 Å². The van der Waals surface area contributed by atoms with Crippen LogP contribution in [0.2, 0.25) is 0 Å². The van der Waals surface area contributed by atoms with Gasteiger partial charge in [0.2, 0.25) is 6.04 Å². The van der Waals surface area contributed by atoms with Crippen LogP contribution < -0.4 is 5.32 Å². The van der Waals surface area contributed by atoms with Crippen LogP contribution in [0.15, 0.2) is 30.9 Å². The van der Waals surface area contributed by atoms with E-state index < -0.39 is 35.0 Å². The zero-order chi connectivity index (χ0) is 20.8. The normalized spacial score (nSPS) is 22.3. The Kier molecular flexibility index (Phi) is 8.02. The molecule has 1 fully saturated rings. The Labute approximate surface area is 157 Å². The molecule has 1 saturated heterocycles. The van der Waals surface area contributed by atoms with Crippen LogP contribution in [-0.2, 0) is 4.79 Å². The highest BCUT2D eigenvalue weighted by Crippen LogP contribution is 2.31. The number of halogens is 2. The van der Waals surface area contributed by atoms with Crippen molar-refractivity contribution >= 4 is 5.97 Å². The molecule has 0 aromatic heterocycles. The molecule has 0 radical (unpaired) electrons. The number of piperidine rings is 1. The van der Waals surface area contributed by atoms with E-state index in [0.29, 0.717) is 18.4 Å². The van der Waals surface area contributed by atoms with Gasteiger partial charge < -0.3 is 10.4 Å². The molecule has 0 amide bonds. The minimum absolute atomic E-state index is 0.0711. The highest BCUT2D eigenvalue weighted by Gasteiger charge is 2.38. The molecular formula is C19H26F2N2O4. The van der Waals surface area contributed by atoms with Gasteiger partial charge in [-0.05, 0) is 51.3 Å². The molecular weight excluding hydrogens is 358 g/mol. The molecule has 1 aliphatic heterocycles. The van der Waals surface area contributed by atoms with E-state index in [1.165, 1.54) is 6.07 Å². The topological polar surface area (TPSA) is 92.5 Å². The quantitative estimate of drug-likeness (QED) is 0.469. The first-order valence-corrected chi connectivity index (χ1v) is 8.63. The van der Waals surface area contributed by atoms with Gasteiger partial charge in [0.05, 0.1) is 17.9 Å². The molecule has 2 rings (SSSR count). The fourth-order valence-corrected chi connectivity index (χ4v) is 2.68. The van der Waals surface area contributed by atoms with Crippen molar-refractivity contribution in [1.29, 1.82) is 0 Å². The summed E-state index contributed by atoms with van der Waals surface area (Å²) in [6.07, 6.45) is 2.93. The third-order valence-electron chi connectivity index (χ3n) is 4.35. The highest BCUT2D eigenvalue weighted by atomic mass is 19.2. The maximum atomic E-state index is 13.3. The number of carbonyl (C=O) groups is 1. The lowest BCUT2D eigenvalue weighted by Crippen LogP contribution is -2.49. The predicted octanol–water partition coefficient (Wildman–Crippen LogP) is 3.75. The molecule has 27 heavy (non-hydrogen) atoms. The number of carboxylic acid groups (broad SMARTS) is 1. The summed E-state index contributed by atoms with van der Waals surface area (Å²) in [6.45, 7) is 8.85. The van der Waals surface area contributed by atoms with Gasteiger partial charge in [0, 0.05) is 11.0 Å². The molecule has 6 nitrogen and oxygen atoms in total. The molecule has 0 saturated carbocycles. The van der Waals surface area contributed by atoms with Gasteiger partial charge in [0.25, 0.3) is 0 Å². The number of nitrogens with zero attached hydrogens (tertiary/aromatic N) is 1. The second-order valence-corrected chi connectivity index (χ2v) is 7.55. The second-order valence-electron chi connectivity index (χ2n) is 7.55. The Morgan fingerprint density at radius 1 is 1.41 bits per heavy atom. The van der Waals surface area contributed by atoms with Crippen LogP contribution in [0.3, 0.4) is 0 Å². The maximum Gasteiger partial charge on any atom is 0.308 e. The average Bonchev–Trinajstić information content (AvgIpc) is 2.57. The Balaban J connectivity index is 0.000000445. The van der Waals surface area contributed by atoms with Gasteiger partial charge in [-0.1, -0.05) is 12.1 Å². The lowest BCUT2D eigenvalue weighted by Gasteiger charge is -2.32. The molecule has 1 aliphatic rings. The van der Waals surface area contributed by atoms with E-state index in [4.69, 9.17) is 5.11 Å². The summed E-state index contributed by atoms with van der Waals surface area (Å²) >= 11 is 0. The van der Waals surface area contributed by atoms with E-state index in [1.807, 2.05) is 0 Å². The number of aliphatic carboxylic acids is 1. The minimum Gasteiger partial charge on any atom is -0.481 e. The van der Waals surface area contributed by atoms with Gasteiger partial charge in [-0.3, -0.25) is 14.9 Å². The Morgan fingerprint density at radius 3 is 2.44 bits per heavy atom. The number of carboxylic acids is 1. The van der Waals surface area contributed by atoms with Crippen LogP contribution in [0, 0.1) is 27.2 Å². The van der Waals surface area contributed by atoms with E-state index in [9.17, 15) is 23.7 Å².